The minimum atomic E-state index is -0.126. The summed E-state index contributed by atoms with van der Waals surface area (Å²) in [6.45, 7) is 16.9. The van der Waals surface area contributed by atoms with Crippen LogP contribution in [-0.4, -0.2) is 41.5 Å². The molecule has 2 aromatic rings. The molecular formula is C26H38N2O2. The van der Waals surface area contributed by atoms with Gasteiger partial charge in [0.2, 0.25) is 0 Å². The van der Waals surface area contributed by atoms with Gasteiger partial charge >= 0.3 is 0 Å². The number of phenols is 2. The summed E-state index contributed by atoms with van der Waals surface area (Å²) in [7, 11) is 2.04. The summed E-state index contributed by atoms with van der Waals surface area (Å²) in [6, 6.07) is 9.94. The number of hydrogen-bond donors (Lipinski definition) is 2. The van der Waals surface area contributed by atoms with Crippen molar-refractivity contribution in [2.75, 3.05) is 20.1 Å². The van der Waals surface area contributed by atoms with Crippen LogP contribution in [0.3, 0.4) is 0 Å². The number of aryl methyl sites for hydroxylation is 1. The lowest BCUT2D eigenvalue weighted by atomic mass is 9.79. The second-order valence-corrected chi connectivity index (χ2v) is 10.3. The number of para-hydroxylation sites is 1. The number of rotatable bonds is 6. The van der Waals surface area contributed by atoms with Gasteiger partial charge in [-0.05, 0) is 47.6 Å². The Labute approximate surface area is 182 Å². The Bertz CT molecular complexity index is 902. The molecule has 0 aliphatic rings. The van der Waals surface area contributed by atoms with Gasteiger partial charge in [-0.25, -0.2) is 0 Å². The molecule has 0 spiro atoms. The van der Waals surface area contributed by atoms with Crippen LogP contribution in [0.5, 0.6) is 11.5 Å². The molecule has 0 unspecified atom stereocenters. The minimum absolute atomic E-state index is 0.0150. The van der Waals surface area contributed by atoms with Gasteiger partial charge < -0.3 is 15.1 Å². The molecular weight excluding hydrogens is 372 g/mol. The van der Waals surface area contributed by atoms with Crippen LogP contribution in [0.15, 0.2) is 35.3 Å². The lowest BCUT2D eigenvalue weighted by Gasteiger charge is -2.28. The Kier molecular flexibility index (Phi) is 7.36. The molecule has 0 fully saturated rings. The van der Waals surface area contributed by atoms with Crippen molar-refractivity contribution in [3.05, 3.63) is 58.1 Å². The summed E-state index contributed by atoms with van der Waals surface area (Å²) in [5.41, 5.74) is 4.66. The number of hydrogen-bond acceptors (Lipinski definition) is 4. The first-order valence-electron chi connectivity index (χ1n) is 10.6. The molecule has 0 heterocycles. The third-order valence-corrected chi connectivity index (χ3v) is 5.41. The molecule has 0 amide bonds. The third-order valence-electron chi connectivity index (χ3n) is 5.41. The lowest BCUT2D eigenvalue weighted by Crippen LogP contribution is -2.23. The Hall–Kier alpha value is -2.33. The Morgan fingerprint density at radius 1 is 0.967 bits per heavy atom. The molecule has 164 valence electrons. The zero-order valence-corrected chi connectivity index (χ0v) is 19.9. The van der Waals surface area contributed by atoms with Crippen LogP contribution in [0.2, 0.25) is 0 Å². The van der Waals surface area contributed by atoms with Gasteiger partial charge in [0.05, 0.1) is 6.54 Å². The average molecular weight is 411 g/mol. The zero-order chi connectivity index (χ0) is 22.7. The van der Waals surface area contributed by atoms with E-state index in [1.807, 2.05) is 32.2 Å². The second-order valence-electron chi connectivity index (χ2n) is 10.3. The van der Waals surface area contributed by atoms with E-state index in [1.165, 1.54) is 5.56 Å². The van der Waals surface area contributed by atoms with E-state index in [-0.39, 0.29) is 16.6 Å². The van der Waals surface area contributed by atoms with E-state index in [0.29, 0.717) is 18.8 Å². The van der Waals surface area contributed by atoms with E-state index in [0.717, 1.165) is 28.8 Å². The zero-order valence-electron chi connectivity index (χ0n) is 19.9. The number of benzene rings is 2. The van der Waals surface area contributed by atoms with E-state index in [1.54, 1.807) is 6.21 Å². The van der Waals surface area contributed by atoms with Crippen molar-refractivity contribution in [2.24, 2.45) is 4.99 Å². The summed E-state index contributed by atoms with van der Waals surface area (Å²) in [4.78, 5) is 6.64. The minimum Gasteiger partial charge on any atom is -0.507 e. The maximum atomic E-state index is 11.0. The monoisotopic (exact) mass is 410 g/mol. The highest BCUT2D eigenvalue weighted by Gasteiger charge is 2.25. The predicted molar refractivity (Wildman–Crippen MR) is 127 cm³/mol. The maximum Gasteiger partial charge on any atom is 0.127 e. The molecule has 0 atom stereocenters. The molecule has 2 rings (SSSR count). The van der Waals surface area contributed by atoms with Crippen LogP contribution in [0.1, 0.15) is 69.4 Å². The van der Waals surface area contributed by atoms with Gasteiger partial charge in [0.15, 0.2) is 0 Å². The highest BCUT2D eigenvalue weighted by Crippen LogP contribution is 2.38. The lowest BCUT2D eigenvalue weighted by molar-refractivity contribution is 0.327. The van der Waals surface area contributed by atoms with Crippen molar-refractivity contribution in [3.63, 3.8) is 0 Å². The number of likely N-dealkylation sites (N-methyl/N-ethyl adjacent to an activating group) is 1. The molecule has 0 aliphatic carbocycles. The van der Waals surface area contributed by atoms with Crippen LogP contribution in [0.4, 0.5) is 0 Å². The molecule has 4 nitrogen and oxygen atoms in total. The van der Waals surface area contributed by atoms with E-state index in [9.17, 15) is 10.2 Å². The fraction of sp³-hybridized carbons (Fsp3) is 0.500. The van der Waals surface area contributed by atoms with Crippen molar-refractivity contribution < 1.29 is 10.2 Å². The first-order chi connectivity index (χ1) is 13.8. The molecule has 0 saturated heterocycles. The van der Waals surface area contributed by atoms with Gasteiger partial charge in [-0.3, -0.25) is 4.99 Å². The molecule has 4 heteroatoms. The van der Waals surface area contributed by atoms with Crippen LogP contribution in [-0.2, 0) is 17.4 Å². The van der Waals surface area contributed by atoms with Crippen molar-refractivity contribution in [1.82, 2.24) is 4.90 Å². The number of phenolic OH excluding ortho intramolecular Hbond substituents is 2. The summed E-state index contributed by atoms with van der Waals surface area (Å²) < 4.78 is 0. The first-order valence-corrected chi connectivity index (χ1v) is 10.6. The Morgan fingerprint density at radius 2 is 1.63 bits per heavy atom. The fourth-order valence-electron chi connectivity index (χ4n) is 3.37. The number of aromatic hydroxyl groups is 2. The van der Waals surface area contributed by atoms with Crippen molar-refractivity contribution in [3.8, 4) is 11.5 Å². The van der Waals surface area contributed by atoms with E-state index in [2.05, 4.69) is 63.6 Å². The largest absolute Gasteiger partial charge is 0.507 e. The van der Waals surface area contributed by atoms with Crippen molar-refractivity contribution in [1.29, 1.82) is 0 Å². The Balaban J connectivity index is 2.13. The molecule has 2 aromatic carbocycles. The summed E-state index contributed by atoms with van der Waals surface area (Å²) >= 11 is 0. The smallest absolute Gasteiger partial charge is 0.127 e. The molecule has 0 bridgehead atoms. The van der Waals surface area contributed by atoms with Crippen LogP contribution in [0, 0.1) is 6.92 Å². The van der Waals surface area contributed by atoms with E-state index >= 15 is 0 Å². The predicted octanol–water partition coefficient (Wildman–Crippen LogP) is 5.55. The Morgan fingerprint density at radius 3 is 2.23 bits per heavy atom. The molecule has 2 N–H and O–H groups in total. The topological polar surface area (TPSA) is 56.1 Å². The summed E-state index contributed by atoms with van der Waals surface area (Å²) in [5.74, 6) is 0.684. The molecule has 0 aliphatic heterocycles. The third kappa shape index (κ3) is 6.09. The molecule has 30 heavy (non-hydrogen) atoms. The first kappa shape index (κ1) is 23.9. The average Bonchev–Trinajstić information content (AvgIpc) is 2.61. The molecule has 0 aromatic heterocycles. The van der Waals surface area contributed by atoms with E-state index in [4.69, 9.17) is 0 Å². The molecule has 0 saturated carbocycles. The van der Waals surface area contributed by atoms with Crippen molar-refractivity contribution in [2.45, 2.75) is 65.8 Å². The van der Waals surface area contributed by atoms with Gasteiger partial charge in [-0.1, -0.05) is 65.8 Å². The van der Waals surface area contributed by atoms with Gasteiger partial charge in [-0.2, -0.15) is 0 Å². The van der Waals surface area contributed by atoms with Crippen LogP contribution < -0.4 is 0 Å². The quantitative estimate of drug-likeness (QED) is 0.614. The second kappa shape index (κ2) is 9.22. The normalized spacial score (nSPS) is 12.8. The van der Waals surface area contributed by atoms with Gasteiger partial charge in [0.25, 0.3) is 0 Å². The summed E-state index contributed by atoms with van der Waals surface area (Å²) in [5, 5.41) is 21.0. The van der Waals surface area contributed by atoms with Crippen LogP contribution >= 0.6 is 0 Å². The SMILES string of the molecule is Cc1cccc(C=NCCN(C)Cc2cc(C(C)(C)C)cc(C(C)(C)C)c2O)c1O. The van der Waals surface area contributed by atoms with E-state index < -0.39 is 0 Å². The number of nitrogens with zero attached hydrogens (tertiary/aromatic N) is 2. The maximum absolute atomic E-state index is 11.0. The molecule has 0 radical (unpaired) electrons. The van der Waals surface area contributed by atoms with Gasteiger partial charge in [0.1, 0.15) is 11.5 Å². The number of aliphatic imine (C=N–C) groups is 1. The van der Waals surface area contributed by atoms with Gasteiger partial charge in [0, 0.05) is 30.4 Å². The highest BCUT2D eigenvalue weighted by molar-refractivity contribution is 5.83. The van der Waals surface area contributed by atoms with Crippen molar-refractivity contribution >= 4 is 6.21 Å². The fourth-order valence-corrected chi connectivity index (χ4v) is 3.37. The highest BCUT2D eigenvalue weighted by atomic mass is 16.3. The van der Waals surface area contributed by atoms with Crippen LogP contribution in [0.25, 0.3) is 0 Å². The van der Waals surface area contributed by atoms with Gasteiger partial charge in [-0.15, -0.1) is 0 Å². The summed E-state index contributed by atoms with van der Waals surface area (Å²) in [6.07, 6.45) is 1.73. The standard InChI is InChI=1S/C26H38N2O2/c1-18-10-9-11-19(23(18)29)16-27-12-13-28(8)17-20-14-21(25(2,3)4)15-22(24(20)30)26(5,6)7/h9-11,14-16,29-30H,12-13,17H2,1-8H3.